The minimum Gasteiger partial charge on any atom is -0.480 e. The number of nitrogens with one attached hydrogen (secondary N) is 1. The third-order valence-electron chi connectivity index (χ3n) is 1.48. The highest BCUT2D eigenvalue weighted by Gasteiger charge is 2.48. The van der Waals surface area contributed by atoms with Crippen LogP contribution in [0.1, 0.15) is 6.42 Å². The van der Waals surface area contributed by atoms with Crippen LogP contribution in [0.3, 0.4) is 0 Å². The van der Waals surface area contributed by atoms with Crippen LogP contribution < -0.4 is 5.32 Å². The molecular weight excluding hydrogens is 180 g/mol. The van der Waals surface area contributed by atoms with Crippen LogP contribution in [0.2, 0.25) is 0 Å². The predicted octanol–water partition coefficient (Wildman–Crippen LogP) is 0.490. The molecule has 1 unspecified atom stereocenters. The Balaban J connectivity index is 0.000001000. The lowest BCUT2D eigenvalue weighted by Gasteiger charge is -2.13. The van der Waals surface area contributed by atoms with E-state index in [4.69, 9.17) is 5.11 Å². The van der Waals surface area contributed by atoms with Gasteiger partial charge in [-0.15, -0.1) is 12.4 Å². The summed E-state index contributed by atoms with van der Waals surface area (Å²) in [6.45, 7) is 0.0734. The van der Waals surface area contributed by atoms with Crippen LogP contribution in [0, 0.1) is 0 Å². The predicted molar refractivity (Wildman–Crippen MR) is 36.2 cm³/mol. The second-order valence-corrected chi connectivity index (χ2v) is 2.24. The van der Waals surface area contributed by atoms with Crippen LogP contribution in [-0.4, -0.2) is 29.6 Å². The fourth-order valence-corrected chi connectivity index (χ4v) is 0.945. The summed E-state index contributed by atoms with van der Waals surface area (Å²) in [5.74, 6) is -4.56. The molecule has 0 spiro atoms. The van der Waals surface area contributed by atoms with Gasteiger partial charge in [-0.25, -0.2) is 8.78 Å². The van der Waals surface area contributed by atoms with Crippen LogP contribution in [0.4, 0.5) is 8.78 Å². The molecule has 0 radical (unpaired) electrons. The van der Waals surface area contributed by atoms with Crippen molar-refractivity contribution in [2.24, 2.45) is 0 Å². The molecule has 6 heteroatoms. The van der Waals surface area contributed by atoms with Gasteiger partial charge in [0.2, 0.25) is 0 Å². The van der Waals surface area contributed by atoms with Crippen molar-refractivity contribution in [3.8, 4) is 0 Å². The first kappa shape index (κ1) is 10.6. The summed E-state index contributed by atoms with van der Waals surface area (Å²) < 4.78 is 24.8. The van der Waals surface area contributed by atoms with E-state index in [0.29, 0.717) is 0 Å². The van der Waals surface area contributed by atoms with Crippen LogP contribution in [0.25, 0.3) is 0 Å². The van der Waals surface area contributed by atoms with Crippen LogP contribution in [-0.2, 0) is 4.79 Å². The first-order valence-electron chi connectivity index (χ1n) is 2.88. The molecule has 0 aromatic heterocycles. The molecule has 1 heterocycles. The van der Waals surface area contributed by atoms with E-state index in [1.807, 2.05) is 0 Å². The molecule has 1 aliphatic rings. The van der Waals surface area contributed by atoms with Gasteiger partial charge in [0.1, 0.15) is 0 Å². The highest BCUT2D eigenvalue weighted by atomic mass is 35.5. The van der Waals surface area contributed by atoms with Crippen molar-refractivity contribution in [2.45, 2.75) is 18.4 Å². The van der Waals surface area contributed by atoms with E-state index < -0.39 is 17.9 Å². The third kappa shape index (κ3) is 2.00. The Labute approximate surface area is 68.2 Å². The minimum atomic E-state index is -3.08. The van der Waals surface area contributed by atoms with Gasteiger partial charge in [-0.2, -0.15) is 0 Å². The number of carboxylic acid groups (broad SMARTS) is 1. The first-order valence-corrected chi connectivity index (χ1v) is 2.88. The number of carboxylic acids is 1. The Morgan fingerprint density at radius 2 is 2.18 bits per heavy atom. The quantitative estimate of drug-likeness (QED) is 0.628. The molecule has 0 aromatic carbocycles. The lowest BCUT2D eigenvalue weighted by molar-refractivity contribution is -0.147. The van der Waals surface area contributed by atoms with E-state index >= 15 is 0 Å². The summed E-state index contributed by atoms with van der Waals surface area (Å²) in [5, 5.41) is 10.4. The lowest BCUT2D eigenvalue weighted by Crippen LogP contribution is -2.42. The number of carbonyl (C=O) groups is 1. The van der Waals surface area contributed by atoms with E-state index in [2.05, 4.69) is 5.32 Å². The summed E-state index contributed by atoms with van der Waals surface area (Å²) in [5.41, 5.74) is 0. The van der Waals surface area contributed by atoms with Gasteiger partial charge in [-0.1, -0.05) is 0 Å². The van der Waals surface area contributed by atoms with Gasteiger partial charge in [0, 0.05) is 13.0 Å². The molecule has 0 saturated carbocycles. The Morgan fingerprint density at radius 3 is 2.36 bits per heavy atom. The van der Waals surface area contributed by atoms with E-state index in [-0.39, 0.29) is 25.4 Å². The largest absolute Gasteiger partial charge is 0.480 e. The summed E-state index contributed by atoms with van der Waals surface area (Å²) >= 11 is 0. The van der Waals surface area contributed by atoms with Gasteiger partial charge < -0.3 is 5.11 Å². The van der Waals surface area contributed by atoms with E-state index in [9.17, 15) is 13.6 Å². The highest BCUT2D eigenvalue weighted by molar-refractivity contribution is 5.85. The van der Waals surface area contributed by atoms with Crippen molar-refractivity contribution in [3.63, 3.8) is 0 Å². The molecule has 11 heavy (non-hydrogen) atoms. The zero-order chi connectivity index (χ0) is 7.78. The maximum atomic E-state index is 12.4. The van der Waals surface area contributed by atoms with Crippen LogP contribution >= 0.6 is 12.4 Å². The number of aliphatic carboxylic acids is 1. The molecule has 1 saturated heterocycles. The average Bonchev–Trinajstić information content (AvgIpc) is 2.08. The minimum absolute atomic E-state index is 0. The van der Waals surface area contributed by atoms with Crippen molar-refractivity contribution >= 4 is 18.4 Å². The van der Waals surface area contributed by atoms with Gasteiger partial charge in [-0.05, 0) is 0 Å². The molecule has 1 fully saturated rings. The van der Waals surface area contributed by atoms with Gasteiger partial charge in [0.05, 0.1) is 0 Å². The fraction of sp³-hybridized carbons (Fsp3) is 0.800. The van der Waals surface area contributed by atoms with Crippen molar-refractivity contribution in [2.75, 3.05) is 6.54 Å². The molecule has 0 aliphatic carbocycles. The Morgan fingerprint density at radius 1 is 1.64 bits per heavy atom. The first-order chi connectivity index (χ1) is 4.54. The SMILES string of the molecule is Cl.O=C(O)C1NCCC1(F)F. The Bertz CT molecular complexity index is 165. The summed E-state index contributed by atoms with van der Waals surface area (Å²) in [4.78, 5) is 10.1. The van der Waals surface area contributed by atoms with E-state index in [1.165, 1.54) is 0 Å². The van der Waals surface area contributed by atoms with Gasteiger partial charge in [0.15, 0.2) is 6.04 Å². The molecule has 3 nitrogen and oxygen atoms in total. The standard InChI is InChI=1S/C5H7F2NO2.ClH/c6-5(7)1-2-8-3(5)4(9)10;/h3,8H,1-2H2,(H,9,10);1H. The molecule has 2 N–H and O–H groups in total. The monoisotopic (exact) mass is 187 g/mol. The van der Waals surface area contributed by atoms with Crippen molar-refractivity contribution in [1.29, 1.82) is 0 Å². The van der Waals surface area contributed by atoms with Gasteiger partial charge in [0.25, 0.3) is 5.92 Å². The average molecular weight is 188 g/mol. The Hall–Kier alpha value is -0.420. The summed E-state index contributed by atoms with van der Waals surface area (Å²) in [6, 6.07) is -1.69. The molecule has 0 amide bonds. The molecule has 1 rings (SSSR count). The number of hydrogen-bond donors (Lipinski definition) is 2. The third-order valence-corrected chi connectivity index (χ3v) is 1.48. The molecular formula is C5H8ClF2NO2. The maximum Gasteiger partial charge on any atom is 0.326 e. The lowest BCUT2D eigenvalue weighted by atomic mass is 10.2. The van der Waals surface area contributed by atoms with Crippen molar-refractivity contribution < 1.29 is 18.7 Å². The topological polar surface area (TPSA) is 49.3 Å². The molecule has 1 atom stereocenters. The second kappa shape index (κ2) is 3.32. The number of alkyl halides is 2. The van der Waals surface area contributed by atoms with Gasteiger partial charge >= 0.3 is 5.97 Å². The zero-order valence-corrected chi connectivity index (χ0v) is 6.33. The number of rotatable bonds is 1. The summed E-state index contributed by atoms with van der Waals surface area (Å²) in [6.07, 6.45) is -0.385. The Kier molecular flexibility index (Phi) is 3.19. The smallest absolute Gasteiger partial charge is 0.326 e. The highest BCUT2D eigenvalue weighted by Crippen LogP contribution is 2.27. The van der Waals surface area contributed by atoms with Crippen molar-refractivity contribution in [1.82, 2.24) is 5.32 Å². The normalized spacial score (nSPS) is 27.6. The molecule has 0 aromatic rings. The molecule has 1 aliphatic heterocycles. The van der Waals surface area contributed by atoms with Gasteiger partial charge in [-0.3, -0.25) is 10.1 Å². The maximum absolute atomic E-state index is 12.4. The molecule has 66 valence electrons. The number of halogens is 3. The summed E-state index contributed by atoms with van der Waals surface area (Å²) in [7, 11) is 0. The van der Waals surface area contributed by atoms with Crippen LogP contribution in [0.15, 0.2) is 0 Å². The fourth-order valence-electron chi connectivity index (χ4n) is 0.945. The number of hydrogen-bond acceptors (Lipinski definition) is 2. The second-order valence-electron chi connectivity index (χ2n) is 2.24. The zero-order valence-electron chi connectivity index (χ0n) is 5.51. The van der Waals surface area contributed by atoms with Crippen LogP contribution in [0.5, 0.6) is 0 Å². The van der Waals surface area contributed by atoms with E-state index in [1.54, 1.807) is 0 Å². The van der Waals surface area contributed by atoms with Crippen molar-refractivity contribution in [3.05, 3.63) is 0 Å². The van der Waals surface area contributed by atoms with E-state index in [0.717, 1.165) is 0 Å². The molecule has 0 bridgehead atoms.